The molecule has 0 heterocycles. The van der Waals surface area contributed by atoms with Gasteiger partial charge in [-0.15, -0.1) is 0 Å². The Labute approximate surface area is 88.7 Å². The largest absolute Gasteiger partial charge is 0.338 e. The van der Waals surface area contributed by atoms with Gasteiger partial charge in [-0.05, 0) is 40.0 Å². The Morgan fingerprint density at radius 2 is 1.43 bits per heavy atom. The van der Waals surface area contributed by atoms with Gasteiger partial charge in [0.2, 0.25) is 5.91 Å². The van der Waals surface area contributed by atoms with Gasteiger partial charge in [-0.1, -0.05) is 13.8 Å². The summed E-state index contributed by atoms with van der Waals surface area (Å²) in [4.78, 5) is 13.8. The quantitative estimate of drug-likeness (QED) is 0.666. The molecule has 0 aliphatic rings. The average molecular weight is 199 g/mol. The summed E-state index contributed by atoms with van der Waals surface area (Å²) >= 11 is 0. The topological polar surface area (TPSA) is 20.3 Å². The zero-order valence-corrected chi connectivity index (χ0v) is 10.5. The van der Waals surface area contributed by atoms with Crippen molar-refractivity contribution in [2.24, 2.45) is 5.92 Å². The molecule has 0 fully saturated rings. The minimum Gasteiger partial charge on any atom is -0.338 e. The molecular weight excluding hydrogens is 174 g/mol. The summed E-state index contributed by atoms with van der Waals surface area (Å²) < 4.78 is 0. The molecule has 0 atom stereocenters. The van der Waals surface area contributed by atoms with E-state index < -0.39 is 0 Å². The third-order valence-electron chi connectivity index (χ3n) is 2.34. The Morgan fingerprint density at radius 1 is 1.00 bits per heavy atom. The van der Waals surface area contributed by atoms with Crippen molar-refractivity contribution in [3.63, 3.8) is 0 Å². The molecule has 0 saturated carbocycles. The van der Waals surface area contributed by atoms with Crippen LogP contribution in [0.4, 0.5) is 0 Å². The highest BCUT2D eigenvalue weighted by atomic mass is 16.2. The molecule has 0 N–H and O–H groups in total. The van der Waals surface area contributed by atoms with Gasteiger partial charge < -0.3 is 4.90 Å². The van der Waals surface area contributed by atoms with E-state index in [0.29, 0.717) is 30.3 Å². The number of nitrogens with zero attached hydrogens (tertiary/aromatic N) is 1. The Hall–Kier alpha value is -0.530. The first-order valence-electron chi connectivity index (χ1n) is 5.67. The monoisotopic (exact) mass is 199 g/mol. The first kappa shape index (κ1) is 13.5. The van der Waals surface area contributed by atoms with Crippen molar-refractivity contribution < 1.29 is 4.79 Å². The van der Waals surface area contributed by atoms with Crippen LogP contribution >= 0.6 is 0 Å². The normalized spacial score (nSPS) is 11.5. The highest BCUT2D eigenvalue weighted by molar-refractivity contribution is 5.76. The Balaban J connectivity index is 4.17. The summed E-state index contributed by atoms with van der Waals surface area (Å²) in [5, 5.41) is 0. The highest BCUT2D eigenvalue weighted by Crippen LogP contribution is 2.11. The van der Waals surface area contributed by atoms with Crippen molar-refractivity contribution in [2.45, 2.75) is 66.5 Å². The third kappa shape index (κ3) is 4.64. The van der Waals surface area contributed by atoms with Crippen LogP contribution in [0.5, 0.6) is 0 Å². The molecule has 0 aromatic carbocycles. The lowest BCUT2D eigenvalue weighted by Gasteiger charge is -2.31. The molecule has 0 spiro atoms. The van der Waals surface area contributed by atoms with Gasteiger partial charge in [0.05, 0.1) is 0 Å². The lowest BCUT2D eigenvalue weighted by atomic mass is 10.1. The second-order valence-corrected chi connectivity index (χ2v) is 4.92. The van der Waals surface area contributed by atoms with Gasteiger partial charge in [0.25, 0.3) is 0 Å². The fourth-order valence-electron chi connectivity index (χ4n) is 1.71. The predicted octanol–water partition coefficient (Wildman–Crippen LogP) is 3.07. The van der Waals surface area contributed by atoms with Crippen LogP contribution in [0.2, 0.25) is 0 Å². The second-order valence-electron chi connectivity index (χ2n) is 4.92. The van der Waals surface area contributed by atoms with Gasteiger partial charge in [-0.3, -0.25) is 4.79 Å². The molecule has 0 aromatic rings. The van der Waals surface area contributed by atoms with Crippen LogP contribution in [0.15, 0.2) is 0 Å². The summed E-state index contributed by atoms with van der Waals surface area (Å²) in [5.41, 5.74) is 0. The zero-order chi connectivity index (χ0) is 11.3. The maximum Gasteiger partial charge on any atom is 0.223 e. The minimum absolute atomic E-state index is 0.295. The van der Waals surface area contributed by atoms with Crippen LogP contribution in [0, 0.1) is 5.92 Å². The maximum atomic E-state index is 11.9. The fraction of sp³-hybridized carbons (Fsp3) is 0.917. The molecule has 0 rings (SSSR count). The van der Waals surface area contributed by atoms with Crippen LogP contribution < -0.4 is 0 Å². The van der Waals surface area contributed by atoms with Crippen molar-refractivity contribution >= 4 is 5.91 Å². The summed E-state index contributed by atoms with van der Waals surface area (Å²) in [6.45, 7) is 12.6. The lowest BCUT2D eigenvalue weighted by molar-refractivity contribution is -0.135. The first-order chi connectivity index (χ1) is 6.36. The lowest BCUT2D eigenvalue weighted by Crippen LogP contribution is -2.42. The van der Waals surface area contributed by atoms with E-state index in [4.69, 9.17) is 0 Å². The van der Waals surface area contributed by atoms with E-state index in [1.54, 1.807) is 0 Å². The molecule has 0 aromatic heterocycles. The van der Waals surface area contributed by atoms with Gasteiger partial charge in [0, 0.05) is 18.5 Å². The maximum absolute atomic E-state index is 11.9. The van der Waals surface area contributed by atoms with Crippen LogP contribution in [-0.2, 0) is 4.79 Å². The van der Waals surface area contributed by atoms with Gasteiger partial charge >= 0.3 is 0 Å². The number of rotatable bonds is 5. The van der Waals surface area contributed by atoms with Gasteiger partial charge in [-0.2, -0.15) is 0 Å². The Kier molecular flexibility index (Phi) is 5.82. The molecule has 0 bridgehead atoms. The van der Waals surface area contributed by atoms with E-state index in [9.17, 15) is 4.79 Å². The highest BCUT2D eigenvalue weighted by Gasteiger charge is 2.19. The molecule has 14 heavy (non-hydrogen) atoms. The molecule has 0 unspecified atom stereocenters. The number of carbonyl (C=O) groups is 1. The average Bonchev–Trinajstić information content (AvgIpc) is 1.99. The molecular formula is C12H25NO. The number of hydrogen-bond acceptors (Lipinski definition) is 1. The van der Waals surface area contributed by atoms with Crippen molar-refractivity contribution in [3.8, 4) is 0 Å². The zero-order valence-electron chi connectivity index (χ0n) is 10.5. The van der Waals surface area contributed by atoms with Gasteiger partial charge in [0.15, 0.2) is 0 Å². The molecule has 0 radical (unpaired) electrons. The molecule has 2 nitrogen and oxygen atoms in total. The fourth-order valence-corrected chi connectivity index (χ4v) is 1.71. The van der Waals surface area contributed by atoms with Crippen molar-refractivity contribution in [1.82, 2.24) is 4.90 Å². The summed E-state index contributed by atoms with van der Waals surface area (Å²) in [7, 11) is 0. The number of amides is 1. The van der Waals surface area contributed by atoms with Crippen molar-refractivity contribution in [3.05, 3.63) is 0 Å². The minimum atomic E-state index is 0.295. The van der Waals surface area contributed by atoms with Gasteiger partial charge in [-0.25, -0.2) is 0 Å². The molecule has 0 saturated heterocycles. The van der Waals surface area contributed by atoms with Crippen LogP contribution in [0.3, 0.4) is 0 Å². The molecule has 84 valence electrons. The van der Waals surface area contributed by atoms with Crippen molar-refractivity contribution in [1.29, 1.82) is 0 Å². The second kappa shape index (κ2) is 6.05. The molecule has 1 amide bonds. The standard InChI is InChI=1S/C12H25NO/c1-9(2)7-8-12(14)13(10(3)4)11(5)6/h9-11H,7-8H2,1-6H3. The van der Waals surface area contributed by atoms with E-state index >= 15 is 0 Å². The van der Waals surface area contributed by atoms with Crippen LogP contribution in [0.1, 0.15) is 54.4 Å². The number of hydrogen-bond donors (Lipinski definition) is 0. The summed E-state index contributed by atoms with van der Waals surface area (Å²) in [6, 6.07) is 0.629. The van der Waals surface area contributed by atoms with Crippen LogP contribution in [0.25, 0.3) is 0 Å². The van der Waals surface area contributed by atoms with Crippen molar-refractivity contribution in [2.75, 3.05) is 0 Å². The van der Waals surface area contributed by atoms with E-state index in [-0.39, 0.29) is 0 Å². The SMILES string of the molecule is CC(C)CCC(=O)N(C(C)C)C(C)C. The Bertz CT molecular complexity index is 165. The molecule has 0 aliphatic carbocycles. The molecule has 2 heteroatoms. The van der Waals surface area contributed by atoms with E-state index in [0.717, 1.165) is 6.42 Å². The smallest absolute Gasteiger partial charge is 0.223 e. The van der Waals surface area contributed by atoms with E-state index in [1.807, 2.05) is 4.90 Å². The first-order valence-corrected chi connectivity index (χ1v) is 5.67. The molecule has 0 aliphatic heterocycles. The van der Waals surface area contributed by atoms with E-state index in [2.05, 4.69) is 41.5 Å². The van der Waals surface area contributed by atoms with Gasteiger partial charge in [0.1, 0.15) is 0 Å². The summed E-state index contributed by atoms with van der Waals surface area (Å²) in [6.07, 6.45) is 1.68. The predicted molar refractivity (Wildman–Crippen MR) is 61.2 cm³/mol. The third-order valence-corrected chi connectivity index (χ3v) is 2.34. The Morgan fingerprint density at radius 3 is 1.71 bits per heavy atom. The van der Waals surface area contributed by atoms with Crippen LogP contribution in [-0.4, -0.2) is 22.9 Å². The number of carbonyl (C=O) groups excluding carboxylic acids is 1. The van der Waals surface area contributed by atoms with E-state index in [1.165, 1.54) is 0 Å². The summed E-state index contributed by atoms with van der Waals surface area (Å²) in [5.74, 6) is 0.906.